The second kappa shape index (κ2) is 10.4. The average molecular weight is 638 g/mol. The Morgan fingerprint density at radius 1 is 0.360 bits per heavy atom. The van der Waals surface area contributed by atoms with Crippen LogP contribution < -0.4 is 0 Å². The summed E-state index contributed by atoms with van der Waals surface area (Å²) in [6, 6.07) is 54.1. The Morgan fingerprint density at radius 3 is 1.86 bits per heavy atom. The van der Waals surface area contributed by atoms with Crippen LogP contribution in [0.4, 0.5) is 0 Å². The van der Waals surface area contributed by atoms with Gasteiger partial charge in [-0.1, -0.05) is 109 Å². The second-order valence-electron chi connectivity index (χ2n) is 13.0. The Bertz CT molecular complexity index is 3160. The van der Waals surface area contributed by atoms with Crippen molar-refractivity contribution >= 4 is 76.2 Å². The molecule has 0 N–H and O–H groups in total. The van der Waals surface area contributed by atoms with Crippen molar-refractivity contribution in [2.24, 2.45) is 0 Å². The number of fused-ring (bicyclic) bond motifs is 9. The summed E-state index contributed by atoms with van der Waals surface area (Å²) in [6.07, 6.45) is 3.83. The first-order chi connectivity index (χ1) is 24.8. The fourth-order valence-electron chi connectivity index (χ4n) is 8.18. The number of pyridine rings is 1. The lowest BCUT2D eigenvalue weighted by molar-refractivity contribution is 0.668. The molecule has 3 heterocycles. The molecule has 0 saturated carbocycles. The number of benzene rings is 8. The molecule has 8 aromatic carbocycles. The standard InChI is InChI=1S/C47H27NO2/c1-2-12-35-34(11-1)45(30-20-21-33-32-10-3-5-16-41(32)50-44(33)26-30)39-25-29(31-14-7-9-28-23-24-48-27-40(28)31)19-22-36(39)46(35)38-15-8-18-43-47(38)37-13-4-6-17-42(37)49-43/h1-27H. The van der Waals surface area contributed by atoms with Crippen molar-refractivity contribution in [3.05, 3.63) is 164 Å². The van der Waals surface area contributed by atoms with Crippen LogP contribution in [0.25, 0.3) is 110 Å². The van der Waals surface area contributed by atoms with Gasteiger partial charge < -0.3 is 8.83 Å². The average Bonchev–Trinajstić information content (AvgIpc) is 3.75. The number of para-hydroxylation sites is 2. The normalized spacial score (nSPS) is 12.0. The van der Waals surface area contributed by atoms with Gasteiger partial charge >= 0.3 is 0 Å². The Labute approximate surface area is 286 Å². The Hall–Kier alpha value is -6.71. The zero-order valence-electron chi connectivity index (χ0n) is 26.9. The summed E-state index contributed by atoms with van der Waals surface area (Å²) in [6.45, 7) is 0. The third kappa shape index (κ3) is 3.89. The Morgan fingerprint density at radius 2 is 0.980 bits per heavy atom. The molecule has 3 aromatic heterocycles. The largest absolute Gasteiger partial charge is 0.456 e. The Balaban J connectivity index is 1.29. The first kappa shape index (κ1) is 27.3. The van der Waals surface area contributed by atoms with E-state index in [9.17, 15) is 0 Å². The van der Waals surface area contributed by atoms with Crippen molar-refractivity contribution in [2.75, 3.05) is 0 Å². The Kier molecular flexibility index (Phi) is 5.67. The molecule has 0 aliphatic heterocycles. The highest BCUT2D eigenvalue weighted by molar-refractivity contribution is 6.26. The lowest BCUT2D eigenvalue weighted by Gasteiger charge is -2.19. The summed E-state index contributed by atoms with van der Waals surface area (Å²) in [5.41, 5.74) is 10.5. The van der Waals surface area contributed by atoms with E-state index < -0.39 is 0 Å². The molecule has 0 aliphatic rings. The molecule has 0 unspecified atom stereocenters. The molecule has 0 amide bonds. The molecule has 232 valence electrons. The van der Waals surface area contributed by atoms with Crippen LogP contribution in [0.2, 0.25) is 0 Å². The van der Waals surface area contributed by atoms with Gasteiger partial charge in [0.2, 0.25) is 0 Å². The molecule has 0 saturated heterocycles. The van der Waals surface area contributed by atoms with Gasteiger partial charge in [0.25, 0.3) is 0 Å². The maximum Gasteiger partial charge on any atom is 0.136 e. The molecular weight excluding hydrogens is 611 g/mol. The molecular formula is C47H27NO2. The highest BCUT2D eigenvalue weighted by Gasteiger charge is 2.21. The van der Waals surface area contributed by atoms with E-state index >= 15 is 0 Å². The molecule has 0 bridgehead atoms. The molecule has 0 radical (unpaired) electrons. The van der Waals surface area contributed by atoms with Crippen molar-refractivity contribution in [3.63, 3.8) is 0 Å². The van der Waals surface area contributed by atoms with Gasteiger partial charge in [0.15, 0.2) is 0 Å². The predicted molar refractivity (Wildman–Crippen MR) is 208 cm³/mol. The van der Waals surface area contributed by atoms with Gasteiger partial charge in [0.05, 0.1) is 0 Å². The SMILES string of the molecule is c1cc(-c2ccc3c(-c4cccc5oc6ccccc6c45)c4ccccc4c(-c4ccc5c(c4)oc4ccccc45)c3c2)c2cnccc2c1. The topological polar surface area (TPSA) is 39.2 Å². The van der Waals surface area contributed by atoms with E-state index in [0.29, 0.717) is 0 Å². The second-order valence-corrected chi connectivity index (χ2v) is 13.0. The van der Waals surface area contributed by atoms with Crippen molar-refractivity contribution in [2.45, 2.75) is 0 Å². The molecule has 3 nitrogen and oxygen atoms in total. The summed E-state index contributed by atoms with van der Waals surface area (Å²) >= 11 is 0. The van der Waals surface area contributed by atoms with Crippen LogP contribution in [0.3, 0.4) is 0 Å². The minimum Gasteiger partial charge on any atom is -0.456 e. The molecule has 11 rings (SSSR count). The first-order valence-electron chi connectivity index (χ1n) is 16.9. The number of furan rings is 2. The van der Waals surface area contributed by atoms with Crippen molar-refractivity contribution in [1.29, 1.82) is 0 Å². The van der Waals surface area contributed by atoms with Crippen molar-refractivity contribution in [1.82, 2.24) is 4.98 Å². The van der Waals surface area contributed by atoms with Crippen LogP contribution in [0.15, 0.2) is 173 Å². The fourth-order valence-corrected chi connectivity index (χ4v) is 8.18. The van der Waals surface area contributed by atoms with Crippen molar-refractivity contribution in [3.8, 4) is 33.4 Å². The lowest BCUT2D eigenvalue weighted by atomic mass is 9.83. The fraction of sp³-hybridized carbons (Fsp3) is 0. The summed E-state index contributed by atoms with van der Waals surface area (Å²) < 4.78 is 12.8. The predicted octanol–water partition coefficient (Wildman–Crippen LogP) is 13.3. The molecule has 11 aromatic rings. The van der Waals surface area contributed by atoms with Gasteiger partial charge in [-0.3, -0.25) is 4.98 Å². The van der Waals surface area contributed by atoms with Gasteiger partial charge in [0, 0.05) is 39.3 Å². The van der Waals surface area contributed by atoms with Crippen LogP contribution in [0.5, 0.6) is 0 Å². The minimum atomic E-state index is 0.885. The van der Waals surface area contributed by atoms with E-state index in [2.05, 4.69) is 138 Å². The summed E-state index contributed by atoms with van der Waals surface area (Å²) in [7, 11) is 0. The van der Waals surface area contributed by atoms with E-state index in [1.54, 1.807) is 0 Å². The maximum atomic E-state index is 6.44. The third-order valence-corrected chi connectivity index (χ3v) is 10.4. The highest BCUT2D eigenvalue weighted by Crippen LogP contribution is 2.48. The number of aromatic nitrogens is 1. The molecule has 0 fully saturated rings. The van der Waals surface area contributed by atoms with E-state index in [1.807, 2.05) is 30.6 Å². The maximum absolute atomic E-state index is 6.44. The van der Waals surface area contributed by atoms with E-state index in [4.69, 9.17) is 8.83 Å². The molecule has 0 atom stereocenters. The zero-order chi connectivity index (χ0) is 32.8. The first-order valence-corrected chi connectivity index (χ1v) is 16.9. The minimum absolute atomic E-state index is 0.885. The van der Waals surface area contributed by atoms with Crippen LogP contribution in [-0.4, -0.2) is 4.98 Å². The molecule has 0 aliphatic carbocycles. The molecule has 3 heteroatoms. The smallest absolute Gasteiger partial charge is 0.136 e. The number of hydrogen-bond donors (Lipinski definition) is 0. The lowest BCUT2D eigenvalue weighted by Crippen LogP contribution is -1.92. The van der Waals surface area contributed by atoms with Gasteiger partial charge in [-0.05, 0) is 103 Å². The number of nitrogens with zero attached hydrogens (tertiary/aromatic N) is 1. The molecule has 0 spiro atoms. The summed E-state index contributed by atoms with van der Waals surface area (Å²) in [4.78, 5) is 4.50. The quantitative estimate of drug-likeness (QED) is 0.181. The third-order valence-electron chi connectivity index (χ3n) is 10.4. The van der Waals surface area contributed by atoms with Gasteiger partial charge in [-0.2, -0.15) is 0 Å². The molecule has 50 heavy (non-hydrogen) atoms. The number of hydrogen-bond acceptors (Lipinski definition) is 3. The monoisotopic (exact) mass is 637 g/mol. The zero-order valence-corrected chi connectivity index (χ0v) is 26.9. The van der Waals surface area contributed by atoms with Gasteiger partial charge in [-0.25, -0.2) is 0 Å². The van der Waals surface area contributed by atoms with Crippen LogP contribution >= 0.6 is 0 Å². The number of rotatable bonds is 3. The van der Waals surface area contributed by atoms with Crippen LogP contribution in [0, 0.1) is 0 Å². The van der Waals surface area contributed by atoms with E-state index in [-0.39, 0.29) is 0 Å². The van der Waals surface area contributed by atoms with E-state index in [1.165, 1.54) is 38.1 Å². The summed E-state index contributed by atoms with van der Waals surface area (Å²) in [5, 5.41) is 11.6. The van der Waals surface area contributed by atoms with Crippen LogP contribution in [0.1, 0.15) is 0 Å². The van der Waals surface area contributed by atoms with Gasteiger partial charge in [-0.15, -0.1) is 0 Å². The van der Waals surface area contributed by atoms with E-state index in [0.717, 1.165) is 71.5 Å². The van der Waals surface area contributed by atoms with Gasteiger partial charge in [0.1, 0.15) is 22.3 Å². The summed E-state index contributed by atoms with van der Waals surface area (Å²) in [5.74, 6) is 0. The van der Waals surface area contributed by atoms with Crippen molar-refractivity contribution < 1.29 is 8.83 Å². The highest BCUT2D eigenvalue weighted by atomic mass is 16.3. The van der Waals surface area contributed by atoms with Crippen LogP contribution in [-0.2, 0) is 0 Å².